The molecule has 16 heavy (non-hydrogen) atoms. The molecule has 1 heterocycles. The Morgan fingerprint density at radius 3 is 2.25 bits per heavy atom. The molecule has 2 rings (SSSR count). The molecular formula is C11H12N2O3. The van der Waals surface area contributed by atoms with Gasteiger partial charge in [0.1, 0.15) is 6.61 Å². The molecule has 5 nitrogen and oxygen atoms in total. The van der Waals surface area contributed by atoms with E-state index < -0.39 is 0 Å². The van der Waals surface area contributed by atoms with Crippen molar-refractivity contribution in [3.05, 3.63) is 11.1 Å². The van der Waals surface area contributed by atoms with Crippen molar-refractivity contribution >= 4 is 11.8 Å². The fraction of sp³-hybridized carbons (Fsp3) is 0.545. The molecule has 0 spiro atoms. The van der Waals surface area contributed by atoms with Crippen LogP contribution in [0, 0.1) is 11.5 Å². The minimum atomic E-state index is -0.193. The lowest BCUT2D eigenvalue weighted by Gasteiger charge is -2.13. The molecule has 0 N–H and O–H groups in total. The van der Waals surface area contributed by atoms with Crippen molar-refractivity contribution in [2.45, 2.75) is 25.7 Å². The Morgan fingerprint density at radius 1 is 1.19 bits per heavy atom. The maximum absolute atomic E-state index is 11.9. The molecule has 0 unspecified atom stereocenters. The molecule has 0 saturated carbocycles. The molecule has 2 amide bonds. The van der Waals surface area contributed by atoms with Crippen LogP contribution in [-0.4, -0.2) is 29.9 Å². The summed E-state index contributed by atoms with van der Waals surface area (Å²) < 4.78 is 4.49. The Bertz CT molecular complexity index is 378. The number of amides is 2. The summed E-state index contributed by atoms with van der Waals surface area (Å²) in [4.78, 5) is 24.9. The zero-order chi connectivity index (χ0) is 11.5. The van der Waals surface area contributed by atoms with Crippen LogP contribution in [0.4, 0.5) is 0 Å². The Morgan fingerprint density at radius 2 is 1.75 bits per heavy atom. The smallest absolute Gasteiger partial charge is 0.286 e. The second-order valence-electron chi connectivity index (χ2n) is 3.87. The largest absolute Gasteiger partial charge is 0.426 e. The van der Waals surface area contributed by atoms with Crippen LogP contribution < -0.4 is 0 Å². The van der Waals surface area contributed by atoms with Crippen LogP contribution in [-0.2, 0) is 14.3 Å². The van der Waals surface area contributed by atoms with Gasteiger partial charge in [0.2, 0.25) is 0 Å². The molecule has 1 aliphatic heterocycles. The third-order valence-corrected chi connectivity index (χ3v) is 2.96. The van der Waals surface area contributed by atoms with Crippen molar-refractivity contribution in [3.8, 4) is 6.26 Å². The highest BCUT2D eigenvalue weighted by Gasteiger charge is 2.38. The molecule has 0 aromatic heterocycles. The van der Waals surface area contributed by atoms with Crippen molar-refractivity contribution in [3.63, 3.8) is 0 Å². The number of imide groups is 1. The second-order valence-corrected chi connectivity index (χ2v) is 3.87. The number of rotatable bonds is 3. The number of hydrogen-bond donors (Lipinski definition) is 0. The first-order valence-electron chi connectivity index (χ1n) is 5.35. The molecule has 84 valence electrons. The topological polar surface area (TPSA) is 70.4 Å². The highest BCUT2D eigenvalue weighted by atomic mass is 16.5. The standard InChI is InChI=1S/C11H12N2O3/c12-7-16-6-5-13-10(14)8-3-1-2-4-9(8)11(13)15/h1-6H2. The summed E-state index contributed by atoms with van der Waals surface area (Å²) >= 11 is 0. The van der Waals surface area contributed by atoms with E-state index in [1.54, 1.807) is 0 Å². The van der Waals surface area contributed by atoms with E-state index in [2.05, 4.69) is 4.74 Å². The van der Waals surface area contributed by atoms with Crippen LogP contribution >= 0.6 is 0 Å². The van der Waals surface area contributed by atoms with Crippen molar-refractivity contribution in [2.75, 3.05) is 13.2 Å². The molecular weight excluding hydrogens is 208 g/mol. The van der Waals surface area contributed by atoms with Crippen molar-refractivity contribution in [1.82, 2.24) is 4.90 Å². The van der Waals surface area contributed by atoms with E-state index in [-0.39, 0.29) is 25.0 Å². The summed E-state index contributed by atoms with van der Waals surface area (Å²) in [6.45, 7) is 0.243. The van der Waals surface area contributed by atoms with Gasteiger partial charge in [0, 0.05) is 11.1 Å². The Labute approximate surface area is 93.3 Å². The second kappa shape index (κ2) is 4.35. The third kappa shape index (κ3) is 1.67. The lowest BCUT2D eigenvalue weighted by atomic mass is 9.93. The van der Waals surface area contributed by atoms with Gasteiger partial charge in [-0.05, 0) is 25.7 Å². The molecule has 5 heteroatoms. The van der Waals surface area contributed by atoms with Gasteiger partial charge < -0.3 is 4.74 Å². The molecule has 0 radical (unpaired) electrons. The molecule has 1 aliphatic carbocycles. The van der Waals surface area contributed by atoms with Crippen LogP contribution in [0.2, 0.25) is 0 Å². The first-order chi connectivity index (χ1) is 7.75. The Balaban J connectivity index is 2.07. The molecule has 2 aliphatic rings. The van der Waals surface area contributed by atoms with Gasteiger partial charge in [-0.2, -0.15) is 5.26 Å². The van der Waals surface area contributed by atoms with E-state index in [1.807, 2.05) is 0 Å². The maximum Gasteiger partial charge on any atom is 0.286 e. The summed E-state index contributed by atoms with van der Waals surface area (Å²) in [7, 11) is 0. The van der Waals surface area contributed by atoms with Gasteiger partial charge in [-0.15, -0.1) is 0 Å². The lowest BCUT2D eigenvalue weighted by Crippen LogP contribution is -2.34. The van der Waals surface area contributed by atoms with Crippen molar-refractivity contribution in [1.29, 1.82) is 5.26 Å². The average molecular weight is 220 g/mol. The predicted octanol–water partition coefficient (Wildman–Crippen LogP) is 0.723. The highest BCUT2D eigenvalue weighted by molar-refractivity contribution is 6.19. The molecule has 0 fully saturated rings. The summed E-state index contributed by atoms with van der Waals surface area (Å²) in [5, 5.41) is 8.21. The highest BCUT2D eigenvalue weighted by Crippen LogP contribution is 2.32. The molecule has 0 bridgehead atoms. The molecule has 0 atom stereocenters. The minimum absolute atomic E-state index is 0.0779. The van der Waals surface area contributed by atoms with Crippen LogP contribution in [0.1, 0.15) is 25.7 Å². The summed E-state index contributed by atoms with van der Waals surface area (Å²) in [6.07, 6.45) is 4.87. The fourth-order valence-electron chi connectivity index (χ4n) is 2.18. The first-order valence-corrected chi connectivity index (χ1v) is 5.35. The van der Waals surface area contributed by atoms with Gasteiger partial charge in [0.25, 0.3) is 18.1 Å². The molecule has 0 saturated heterocycles. The Kier molecular flexibility index (Phi) is 2.91. The number of ether oxygens (including phenoxy) is 1. The van der Waals surface area contributed by atoms with Crippen LogP contribution in [0.3, 0.4) is 0 Å². The van der Waals surface area contributed by atoms with Gasteiger partial charge in [-0.3, -0.25) is 14.5 Å². The number of nitriles is 1. The zero-order valence-electron chi connectivity index (χ0n) is 8.86. The monoisotopic (exact) mass is 220 g/mol. The lowest BCUT2D eigenvalue weighted by molar-refractivity contribution is -0.138. The van der Waals surface area contributed by atoms with Gasteiger partial charge >= 0.3 is 0 Å². The van der Waals surface area contributed by atoms with E-state index in [9.17, 15) is 9.59 Å². The van der Waals surface area contributed by atoms with Crippen molar-refractivity contribution < 1.29 is 14.3 Å². The quantitative estimate of drug-likeness (QED) is 0.399. The summed E-state index contributed by atoms with van der Waals surface area (Å²) in [6, 6.07) is 0. The number of carbonyl (C=O) groups is 2. The van der Waals surface area contributed by atoms with Gasteiger partial charge in [0.15, 0.2) is 0 Å². The number of carbonyl (C=O) groups excluding carboxylic acids is 2. The zero-order valence-corrected chi connectivity index (χ0v) is 8.86. The third-order valence-electron chi connectivity index (χ3n) is 2.96. The number of nitrogens with zero attached hydrogens (tertiary/aromatic N) is 2. The minimum Gasteiger partial charge on any atom is -0.426 e. The van der Waals surface area contributed by atoms with Gasteiger partial charge in [0.05, 0.1) is 6.54 Å². The normalized spacial score (nSPS) is 19.8. The van der Waals surface area contributed by atoms with E-state index in [1.165, 1.54) is 11.2 Å². The predicted molar refractivity (Wildman–Crippen MR) is 53.8 cm³/mol. The van der Waals surface area contributed by atoms with E-state index >= 15 is 0 Å². The van der Waals surface area contributed by atoms with Crippen LogP contribution in [0.25, 0.3) is 0 Å². The SMILES string of the molecule is N#COCCN1C(=O)C2=C(CCCC2)C1=O. The number of hydrogen-bond acceptors (Lipinski definition) is 4. The van der Waals surface area contributed by atoms with Crippen molar-refractivity contribution in [2.24, 2.45) is 0 Å². The van der Waals surface area contributed by atoms with E-state index in [4.69, 9.17) is 5.26 Å². The first kappa shape index (κ1) is 10.7. The average Bonchev–Trinajstić information content (AvgIpc) is 2.55. The van der Waals surface area contributed by atoms with Crippen LogP contribution in [0.5, 0.6) is 0 Å². The van der Waals surface area contributed by atoms with E-state index in [0.29, 0.717) is 24.0 Å². The molecule has 0 aromatic carbocycles. The van der Waals surface area contributed by atoms with E-state index in [0.717, 1.165) is 12.8 Å². The molecule has 0 aromatic rings. The van der Waals surface area contributed by atoms with Gasteiger partial charge in [-0.25, -0.2) is 0 Å². The fourth-order valence-corrected chi connectivity index (χ4v) is 2.18. The Hall–Kier alpha value is -1.83. The summed E-state index contributed by atoms with van der Waals surface area (Å²) in [5.41, 5.74) is 1.35. The maximum atomic E-state index is 11.9. The summed E-state index contributed by atoms with van der Waals surface area (Å²) in [5.74, 6) is -0.387. The van der Waals surface area contributed by atoms with Gasteiger partial charge in [-0.1, -0.05) is 0 Å². The van der Waals surface area contributed by atoms with Crippen LogP contribution in [0.15, 0.2) is 11.1 Å².